The summed E-state index contributed by atoms with van der Waals surface area (Å²) >= 11 is 0. The van der Waals surface area contributed by atoms with Gasteiger partial charge in [0.2, 0.25) is 0 Å². The summed E-state index contributed by atoms with van der Waals surface area (Å²) in [5, 5.41) is 0. The summed E-state index contributed by atoms with van der Waals surface area (Å²) in [5.74, 6) is -0.805. The molecule has 2 atom stereocenters. The van der Waals surface area contributed by atoms with E-state index in [1.54, 1.807) is 0 Å². The Labute approximate surface area is 301 Å². The van der Waals surface area contributed by atoms with Gasteiger partial charge in [-0.15, -0.1) is 0 Å². The van der Waals surface area contributed by atoms with Crippen LogP contribution in [0.3, 0.4) is 0 Å². The van der Waals surface area contributed by atoms with Crippen LogP contribution in [0.25, 0.3) is 0 Å². The molecule has 1 N–H and O–H groups in total. The monoisotopic (exact) mass is 717 g/mol. The molecule has 290 valence electrons. The molecule has 0 aromatic carbocycles. The summed E-state index contributed by atoms with van der Waals surface area (Å²) in [7, 11) is -3.19. The molecule has 0 heterocycles. The topological polar surface area (TPSA) is 108 Å². The molecule has 0 saturated heterocycles. The minimum Gasteiger partial charge on any atom is -0.462 e. The van der Waals surface area contributed by atoms with E-state index >= 15 is 0 Å². The zero-order valence-corrected chi connectivity index (χ0v) is 33.0. The van der Waals surface area contributed by atoms with Crippen molar-refractivity contribution in [1.29, 1.82) is 0 Å². The number of phosphoric ester groups is 1. The standard InChI is InChI=1S/C40H77O8P/c1-4-6-8-10-12-14-16-18-19-20-21-22-23-25-26-28-30-32-34-39(41)46-36-38(37-47-49(43,44)45-3)48-40(42)35-33-31-29-27-24-17-15-13-11-9-7-5-2/h13,15,38H,4-12,14,16-37H2,1-3H3,(H,43,44)/b15-13-. The van der Waals surface area contributed by atoms with E-state index in [1.807, 2.05) is 0 Å². The van der Waals surface area contributed by atoms with E-state index in [0.717, 1.165) is 58.5 Å². The highest BCUT2D eigenvalue weighted by Gasteiger charge is 2.24. The Kier molecular flexibility index (Phi) is 35.7. The number of ether oxygens (including phenoxy) is 2. The predicted molar refractivity (Wildman–Crippen MR) is 203 cm³/mol. The van der Waals surface area contributed by atoms with Crippen LogP contribution in [0.15, 0.2) is 12.2 Å². The fraction of sp³-hybridized carbons (Fsp3) is 0.900. The van der Waals surface area contributed by atoms with Gasteiger partial charge in [-0.1, -0.05) is 167 Å². The lowest BCUT2D eigenvalue weighted by molar-refractivity contribution is -0.161. The first-order valence-electron chi connectivity index (χ1n) is 20.4. The van der Waals surface area contributed by atoms with E-state index in [2.05, 4.69) is 30.5 Å². The predicted octanol–water partition coefficient (Wildman–Crippen LogP) is 12.5. The number of esters is 2. The van der Waals surface area contributed by atoms with Crippen molar-refractivity contribution in [2.24, 2.45) is 0 Å². The minimum absolute atomic E-state index is 0.223. The van der Waals surface area contributed by atoms with Crippen molar-refractivity contribution in [2.45, 2.75) is 213 Å². The van der Waals surface area contributed by atoms with Gasteiger partial charge >= 0.3 is 19.8 Å². The van der Waals surface area contributed by atoms with Crippen LogP contribution in [0.1, 0.15) is 206 Å². The zero-order chi connectivity index (χ0) is 36.1. The van der Waals surface area contributed by atoms with E-state index < -0.39 is 26.5 Å². The fourth-order valence-corrected chi connectivity index (χ4v) is 6.29. The van der Waals surface area contributed by atoms with Crippen LogP contribution >= 0.6 is 7.82 Å². The first-order valence-corrected chi connectivity index (χ1v) is 21.9. The Bertz CT molecular complexity index is 818. The van der Waals surface area contributed by atoms with Crippen LogP contribution in [0.2, 0.25) is 0 Å². The first kappa shape index (κ1) is 47.8. The van der Waals surface area contributed by atoms with Crippen molar-refractivity contribution < 1.29 is 37.6 Å². The van der Waals surface area contributed by atoms with Gasteiger partial charge in [-0.25, -0.2) is 4.57 Å². The molecular weight excluding hydrogens is 639 g/mol. The molecule has 0 aliphatic heterocycles. The van der Waals surface area contributed by atoms with Gasteiger partial charge in [0.25, 0.3) is 0 Å². The largest absolute Gasteiger partial charge is 0.472 e. The van der Waals surface area contributed by atoms with E-state index in [9.17, 15) is 19.0 Å². The Morgan fingerprint density at radius 2 is 0.918 bits per heavy atom. The van der Waals surface area contributed by atoms with Gasteiger partial charge in [0, 0.05) is 20.0 Å². The number of carbonyl (C=O) groups excluding carboxylic acids is 2. The third-order valence-corrected chi connectivity index (χ3v) is 9.95. The maximum Gasteiger partial charge on any atom is 0.472 e. The van der Waals surface area contributed by atoms with Gasteiger partial charge in [0.1, 0.15) is 6.61 Å². The van der Waals surface area contributed by atoms with Crippen LogP contribution in [-0.2, 0) is 32.7 Å². The summed E-state index contributed by atoms with van der Waals surface area (Å²) in [6, 6.07) is 0. The van der Waals surface area contributed by atoms with Crippen LogP contribution in [0, 0.1) is 0 Å². The van der Waals surface area contributed by atoms with E-state index in [4.69, 9.17) is 14.0 Å². The highest BCUT2D eigenvalue weighted by atomic mass is 31.2. The third kappa shape index (κ3) is 36.4. The van der Waals surface area contributed by atoms with Gasteiger partial charge in [-0.2, -0.15) is 0 Å². The quantitative estimate of drug-likeness (QED) is 0.0291. The normalized spacial score (nSPS) is 13.5. The Hall–Kier alpha value is -1.21. The fourth-order valence-electron chi connectivity index (χ4n) is 5.83. The molecule has 0 aliphatic rings. The lowest BCUT2D eigenvalue weighted by atomic mass is 10.0. The molecule has 0 aromatic rings. The molecule has 9 heteroatoms. The Balaban J connectivity index is 3.96. The van der Waals surface area contributed by atoms with Crippen LogP contribution in [0.4, 0.5) is 0 Å². The third-order valence-electron chi connectivity index (χ3n) is 9.01. The van der Waals surface area contributed by atoms with Crippen molar-refractivity contribution in [3.8, 4) is 0 Å². The number of unbranched alkanes of at least 4 members (excludes halogenated alkanes) is 25. The minimum atomic E-state index is -4.25. The van der Waals surface area contributed by atoms with E-state index in [-0.39, 0.29) is 19.0 Å². The summed E-state index contributed by atoms with van der Waals surface area (Å²) in [6.07, 6.45) is 38.4. The highest BCUT2D eigenvalue weighted by molar-refractivity contribution is 7.47. The molecule has 0 radical (unpaired) electrons. The number of allylic oxidation sites excluding steroid dienone is 2. The zero-order valence-electron chi connectivity index (χ0n) is 32.1. The average molecular weight is 717 g/mol. The number of rotatable bonds is 38. The molecule has 0 bridgehead atoms. The summed E-state index contributed by atoms with van der Waals surface area (Å²) in [5.41, 5.74) is 0. The van der Waals surface area contributed by atoms with Gasteiger partial charge in [0.05, 0.1) is 6.61 Å². The lowest BCUT2D eigenvalue weighted by Gasteiger charge is -2.19. The van der Waals surface area contributed by atoms with Gasteiger partial charge in [-0.05, 0) is 38.5 Å². The van der Waals surface area contributed by atoms with E-state index in [1.165, 1.54) is 122 Å². The molecule has 0 aromatic heterocycles. The van der Waals surface area contributed by atoms with E-state index in [0.29, 0.717) is 12.8 Å². The molecule has 49 heavy (non-hydrogen) atoms. The molecule has 0 saturated carbocycles. The second-order valence-electron chi connectivity index (χ2n) is 13.8. The van der Waals surface area contributed by atoms with Crippen LogP contribution < -0.4 is 0 Å². The van der Waals surface area contributed by atoms with Gasteiger partial charge in [-0.3, -0.25) is 18.6 Å². The molecule has 0 aliphatic carbocycles. The first-order chi connectivity index (χ1) is 23.8. The number of hydrogen-bond acceptors (Lipinski definition) is 7. The second kappa shape index (κ2) is 36.6. The second-order valence-corrected chi connectivity index (χ2v) is 15.3. The molecule has 2 unspecified atom stereocenters. The van der Waals surface area contributed by atoms with Crippen LogP contribution in [0.5, 0.6) is 0 Å². The molecule has 8 nitrogen and oxygen atoms in total. The summed E-state index contributed by atoms with van der Waals surface area (Å²) < 4.78 is 31.9. The smallest absolute Gasteiger partial charge is 0.462 e. The molecule has 0 rings (SSSR count). The maximum atomic E-state index is 12.4. The summed E-state index contributed by atoms with van der Waals surface area (Å²) in [4.78, 5) is 34.4. The molecule has 0 fully saturated rings. The molecule has 0 spiro atoms. The molecule has 0 amide bonds. The highest BCUT2D eigenvalue weighted by Crippen LogP contribution is 2.42. The number of carbonyl (C=O) groups is 2. The lowest BCUT2D eigenvalue weighted by Crippen LogP contribution is -2.29. The molecular formula is C40H77O8P. The van der Waals surface area contributed by atoms with Crippen molar-refractivity contribution in [1.82, 2.24) is 0 Å². The van der Waals surface area contributed by atoms with Gasteiger partial charge in [0.15, 0.2) is 6.10 Å². The van der Waals surface area contributed by atoms with Crippen molar-refractivity contribution in [3.63, 3.8) is 0 Å². The number of hydrogen-bond donors (Lipinski definition) is 1. The number of phosphoric acid groups is 1. The van der Waals surface area contributed by atoms with Crippen molar-refractivity contribution in [3.05, 3.63) is 12.2 Å². The van der Waals surface area contributed by atoms with Crippen molar-refractivity contribution >= 4 is 19.8 Å². The maximum absolute atomic E-state index is 12.4. The summed E-state index contributed by atoms with van der Waals surface area (Å²) in [6.45, 7) is 3.87. The Morgan fingerprint density at radius 3 is 1.37 bits per heavy atom. The SMILES string of the molecule is CCCCC/C=C\CCCCCCCC(=O)OC(COC(=O)CCCCCCCCCCCCCCCCCCCC)COP(=O)(O)OC. The van der Waals surface area contributed by atoms with Crippen LogP contribution in [-0.4, -0.2) is 43.3 Å². The van der Waals surface area contributed by atoms with Crippen molar-refractivity contribution in [2.75, 3.05) is 20.3 Å². The Morgan fingerprint density at radius 1 is 0.551 bits per heavy atom. The van der Waals surface area contributed by atoms with Gasteiger partial charge < -0.3 is 14.4 Å². The average Bonchev–Trinajstić information content (AvgIpc) is 3.09.